The maximum Gasteiger partial charge on any atom is 0.416 e. The number of halogens is 4. The van der Waals surface area contributed by atoms with E-state index >= 15 is 0 Å². The largest absolute Gasteiger partial charge is 0.490 e. The van der Waals surface area contributed by atoms with Crippen LogP contribution < -0.4 is 20.7 Å². The first kappa shape index (κ1) is 30.7. The summed E-state index contributed by atoms with van der Waals surface area (Å²) in [4.78, 5) is 30.5. The number of piperazine rings is 1. The van der Waals surface area contributed by atoms with Crippen molar-refractivity contribution in [2.75, 3.05) is 37.6 Å². The van der Waals surface area contributed by atoms with E-state index in [0.29, 0.717) is 44.7 Å². The Bertz CT molecular complexity index is 1490. The number of nitrogens with one attached hydrogen (secondary N) is 1. The number of alkyl halides is 3. The van der Waals surface area contributed by atoms with Crippen molar-refractivity contribution in [2.24, 2.45) is 5.73 Å². The fourth-order valence-corrected chi connectivity index (χ4v) is 5.59. The van der Waals surface area contributed by atoms with Crippen LogP contribution in [0.25, 0.3) is 11.1 Å². The van der Waals surface area contributed by atoms with E-state index in [1.165, 1.54) is 0 Å². The molecule has 0 unspecified atom stereocenters. The molecule has 43 heavy (non-hydrogen) atoms. The Morgan fingerprint density at radius 1 is 1.05 bits per heavy atom. The van der Waals surface area contributed by atoms with E-state index in [1.807, 2.05) is 49.4 Å². The molecule has 1 saturated carbocycles. The van der Waals surface area contributed by atoms with Crippen molar-refractivity contribution in [1.82, 2.24) is 10.2 Å². The second kappa shape index (κ2) is 12.9. The molecule has 228 valence electrons. The maximum absolute atomic E-state index is 13.4. The average Bonchev–Trinajstić information content (AvgIpc) is 3.83. The molecule has 2 amide bonds. The van der Waals surface area contributed by atoms with Crippen molar-refractivity contribution < 1.29 is 27.5 Å². The van der Waals surface area contributed by atoms with Crippen LogP contribution in [-0.4, -0.2) is 61.6 Å². The summed E-state index contributed by atoms with van der Waals surface area (Å²) < 4.78 is 45.5. The third-order valence-electron chi connectivity index (χ3n) is 7.76. The monoisotopic (exact) mass is 614 g/mol. The van der Waals surface area contributed by atoms with Gasteiger partial charge in [-0.15, -0.1) is 0 Å². The molecule has 3 aromatic rings. The highest BCUT2D eigenvalue weighted by molar-refractivity contribution is 6.33. The average molecular weight is 615 g/mol. The van der Waals surface area contributed by atoms with Crippen LogP contribution in [0.15, 0.2) is 60.7 Å². The Kier molecular flexibility index (Phi) is 9.17. The van der Waals surface area contributed by atoms with Crippen LogP contribution in [0.5, 0.6) is 5.75 Å². The standard InChI is InChI=1S/C32H34ClF3N4O3/c1-2-22-19-39(31(42)25-11-8-21(18-27(25)33)32(34,35)36)15-16-40(22)28-12-7-20(17-26(28)30(41)38-14-13-37)24-5-3-4-6-29(24)43-23-9-10-23/h3-8,11-12,17-18,22-23H,2,9-10,13-16,19,37H2,1H3,(H,38,41)/t22-/m1/s1. The number of hydrogen-bond donors (Lipinski definition) is 2. The van der Waals surface area contributed by atoms with Crippen molar-refractivity contribution in [3.05, 3.63) is 82.4 Å². The fraction of sp³-hybridized carbons (Fsp3) is 0.375. The quantitative estimate of drug-likeness (QED) is 0.309. The minimum Gasteiger partial charge on any atom is -0.490 e. The summed E-state index contributed by atoms with van der Waals surface area (Å²) in [7, 11) is 0. The smallest absolute Gasteiger partial charge is 0.416 e. The number of amides is 2. The van der Waals surface area contributed by atoms with Gasteiger partial charge in [-0.1, -0.05) is 42.8 Å². The predicted molar refractivity (Wildman–Crippen MR) is 161 cm³/mol. The number of benzene rings is 3. The molecular formula is C32H34ClF3N4O3. The summed E-state index contributed by atoms with van der Waals surface area (Å²) >= 11 is 6.13. The van der Waals surface area contributed by atoms with Crippen LogP contribution in [-0.2, 0) is 6.18 Å². The van der Waals surface area contributed by atoms with Gasteiger partial charge in [0.2, 0.25) is 0 Å². The lowest BCUT2D eigenvalue weighted by Crippen LogP contribution is -2.55. The molecule has 1 heterocycles. The van der Waals surface area contributed by atoms with Crippen molar-refractivity contribution in [2.45, 2.75) is 44.5 Å². The third kappa shape index (κ3) is 6.91. The number of ether oxygens (including phenoxy) is 1. The van der Waals surface area contributed by atoms with E-state index in [2.05, 4.69) is 10.2 Å². The van der Waals surface area contributed by atoms with Crippen LogP contribution in [0.2, 0.25) is 5.02 Å². The van der Waals surface area contributed by atoms with Crippen molar-refractivity contribution in [3.63, 3.8) is 0 Å². The lowest BCUT2D eigenvalue weighted by atomic mass is 9.98. The first-order chi connectivity index (χ1) is 20.6. The second-order valence-corrected chi connectivity index (χ2v) is 11.2. The number of carbonyl (C=O) groups is 2. The number of nitrogens with zero attached hydrogens (tertiary/aromatic N) is 2. The zero-order valence-electron chi connectivity index (χ0n) is 23.8. The van der Waals surface area contributed by atoms with Gasteiger partial charge in [0.05, 0.1) is 27.8 Å². The van der Waals surface area contributed by atoms with Crippen molar-refractivity contribution in [3.8, 4) is 16.9 Å². The summed E-state index contributed by atoms with van der Waals surface area (Å²) in [6, 6.07) is 16.2. The minimum absolute atomic E-state index is 0.0243. The van der Waals surface area contributed by atoms with Gasteiger partial charge in [0.25, 0.3) is 11.8 Å². The highest BCUT2D eigenvalue weighted by Crippen LogP contribution is 2.38. The molecule has 3 aromatic carbocycles. The number of para-hydroxylation sites is 1. The SMILES string of the molecule is CC[C@@H]1CN(C(=O)c2ccc(C(F)(F)F)cc2Cl)CCN1c1ccc(-c2ccccc2OC2CC2)cc1C(=O)NCCN. The zero-order valence-corrected chi connectivity index (χ0v) is 24.5. The number of anilines is 1. The molecule has 0 spiro atoms. The Labute approximate surface area is 253 Å². The van der Waals surface area contributed by atoms with Gasteiger partial charge in [-0.05, 0) is 61.2 Å². The summed E-state index contributed by atoms with van der Waals surface area (Å²) in [6.07, 6.45) is -1.63. The van der Waals surface area contributed by atoms with Gasteiger partial charge in [0, 0.05) is 50.0 Å². The molecular weight excluding hydrogens is 581 g/mol. The molecule has 1 aliphatic carbocycles. The topological polar surface area (TPSA) is 87.9 Å². The van der Waals surface area contributed by atoms with E-state index in [-0.39, 0.29) is 28.6 Å². The maximum atomic E-state index is 13.4. The van der Waals surface area contributed by atoms with E-state index in [4.69, 9.17) is 22.1 Å². The molecule has 1 aliphatic heterocycles. The Morgan fingerprint density at radius 2 is 1.81 bits per heavy atom. The molecule has 1 atom stereocenters. The van der Waals surface area contributed by atoms with Gasteiger partial charge < -0.3 is 25.6 Å². The number of hydrogen-bond acceptors (Lipinski definition) is 5. The molecule has 0 bridgehead atoms. The van der Waals surface area contributed by atoms with Crippen LogP contribution in [0.1, 0.15) is 52.5 Å². The second-order valence-electron chi connectivity index (χ2n) is 10.8. The summed E-state index contributed by atoms with van der Waals surface area (Å²) in [5, 5.41) is 2.65. The minimum atomic E-state index is -4.56. The van der Waals surface area contributed by atoms with E-state index in [1.54, 1.807) is 4.90 Å². The molecule has 5 rings (SSSR count). The Hall–Kier alpha value is -3.76. The summed E-state index contributed by atoms with van der Waals surface area (Å²) in [6.45, 7) is 3.64. The van der Waals surface area contributed by atoms with Crippen LogP contribution in [0.3, 0.4) is 0 Å². The van der Waals surface area contributed by atoms with Crippen LogP contribution >= 0.6 is 11.6 Å². The molecule has 0 aromatic heterocycles. The molecule has 7 nitrogen and oxygen atoms in total. The first-order valence-electron chi connectivity index (χ1n) is 14.4. The highest BCUT2D eigenvalue weighted by Gasteiger charge is 2.34. The van der Waals surface area contributed by atoms with E-state index in [0.717, 1.165) is 53.6 Å². The normalized spacial score (nSPS) is 17.1. The fourth-order valence-electron chi connectivity index (χ4n) is 5.33. The molecule has 2 fully saturated rings. The Balaban J connectivity index is 1.42. The lowest BCUT2D eigenvalue weighted by Gasteiger charge is -2.43. The van der Waals surface area contributed by atoms with Crippen molar-refractivity contribution >= 4 is 29.1 Å². The molecule has 2 aliphatic rings. The lowest BCUT2D eigenvalue weighted by molar-refractivity contribution is -0.137. The molecule has 1 saturated heterocycles. The molecule has 11 heteroatoms. The number of nitrogens with two attached hydrogens (primary N) is 1. The van der Waals surface area contributed by atoms with Gasteiger partial charge >= 0.3 is 6.18 Å². The number of carbonyl (C=O) groups excluding carboxylic acids is 2. The van der Waals surface area contributed by atoms with E-state index in [9.17, 15) is 22.8 Å². The molecule has 3 N–H and O–H groups in total. The first-order valence-corrected chi connectivity index (χ1v) is 14.8. The van der Waals surface area contributed by atoms with Gasteiger partial charge in [-0.3, -0.25) is 9.59 Å². The third-order valence-corrected chi connectivity index (χ3v) is 8.08. The Morgan fingerprint density at radius 3 is 2.49 bits per heavy atom. The van der Waals surface area contributed by atoms with Gasteiger partial charge in [0.15, 0.2) is 0 Å². The summed E-state index contributed by atoms with van der Waals surface area (Å²) in [5.41, 5.74) is 7.72. The zero-order chi connectivity index (χ0) is 30.7. The molecule has 0 radical (unpaired) electrons. The van der Waals surface area contributed by atoms with Crippen LogP contribution in [0, 0.1) is 0 Å². The van der Waals surface area contributed by atoms with E-state index < -0.39 is 17.6 Å². The highest BCUT2D eigenvalue weighted by atomic mass is 35.5. The predicted octanol–water partition coefficient (Wildman–Crippen LogP) is 6.00. The van der Waals surface area contributed by atoms with Gasteiger partial charge in [-0.2, -0.15) is 13.2 Å². The number of rotatable bonds is 9. The summed E-state index contributed by atoms with van der Waals surface area (Å²) in [5.74, 6) is 0.0831. The van der Waals surface area contributed by atoms with Gasteiger partial charge in [0.1, 0.15) is 5.75 Å². The van der Waals surface area contributed by atoms with Crippen molar-refractivity contribution in [1.29, 1.82) is 0 Å². The van der Waals surface area contributed by atoms with Gasteiger partial charge in [-0.25, -0.2) is 0 Å². The van der Waals surface area contributed by atoms with Crippen LogP contribution in [0.4, 0.5) is 18.9 Å².